The molecule has 8 heteroatoms. The smallest absolute Gasteiger partial charge is 0.215 e. The summed E-state index contributed by atoms with van der Waals surface area (Å²) in [6.45, 7) is 0.634. The van der Waals surface area contributed by atoms with Gasteiger partial charge in [0.25, 0.3) is 0 Å². The molecule has 0 atom stereocenters. The fraction of sp³-hybridized carbons (Fsp3) is 0.176. The second kappa shape index (κ2) is 7.54. The predicted molar refractivity (Wildman–Crippen MR) is 92.5 cm³/mol. The molecule has 1 N–H and O–H groups in total. The molecule has 0 radical (unpaired) electrons. The molecule has 130 valence electrons. The fourth-order valence-corrected chi connectivity index (χ4v) is 3.47. The van der Waals surface area contributed by atoms with Crippen molar-refractivity contribution in [1.29, 1.82) is 0 Å². The summed E-state index contributed by atoms with van der Waals surface area (Å²) in [5.41, 5.74) is 2.29. The molecule has 6 nitrogen and oxygen atoms in total. The molecule has 0 unspecified atom stereocenters. The van der Waals surface area contributed by atoms with Gasteiger partial charge in [-0.3, -0.25) is 9.67 Å². The summed E-state index contributed by atoms with van der Waals surface area (Å²) < 4.78 is 41.2. The first kappa shape index (κ1) is 17.2. The molecule has 0 spiro atoms. The van der Waals surface area contributed by atoms with Crippen LogP contribution < -0.4 is 4.72 Å². The first-order chi connectivity index (χ1) is 12.0. The van der Waals surface area contributed by atoms with Gasteiger partial charge in [0, 0.05) is 30.7 Å². The zero-order valence-corrected chi connectivity index (χ0v) is 14.2. The summed E-state index contributed by atoms with van der Waals surface area (Å²) in [7, 11) is -3.48. The van der Waals surface area contributed by atoms with Crippen LogP contribution >= 0.6 is 0 Å². The summed E-state index contributed by atoms with van der Waals surface area (Å²) >= 11 is 0. The van der Waals surface area contributed by atoms with E-state index in [4.69, 9.17) is 0 Å². The third-order valence-corrected chi connectivity index (χ3v) is 4.91. The Hall–Kier alpha value is -2.58. The maximum absolute atomic E-state index is 12.9. The number of hydrogen-bond acceptors (Lipinski definition) is 4. The lowest BCUT2D eigenvalue weighted by Gasteiger charge is -2.07. The molecule has 0 aliphatic rings. The molecule has 0 bridgehead atoms. The number of rotatable bonds is 7. The van der Waals surface area contributed by atoms with Gasteiger partial charge in [0.05, 0.1) is 18.0 Å². The summed E-state index contributed by atoms with van der Waals surface area (Å²) in [5, 5.41) is 4.41. The minimum Gasteiger partial charge on any atom is -0.271 e. The fourth-order valence-electron chi connectivity index (χ4n) is 2.33. The summed E-state index contributed by atoms with van der Waals surface area (Å²) in [5.74, 6) is -0.577. The Morgan fingerprint density at radius 2 is 1.76 bits per heavy atom. The molecule has 0 aliphatic heterocycles. The Bertz CT molecular complexity index is 925. The van der Waals surface area contributed by atoms with Gasteiger partial charge in [0.15, 0.2) is 0 Å². The number of benzene rings is 1. The van der Waals surface area contributed by atoms with Crippen LogP contribution in [0.1, 0.15) is 5.56 Å². The zero-order chi connectivity index (χ0) is 17.7. The van der Waals surface area contributed by atoms with Crippen LogP contribution in [0, 0.1) is 5.82 Å². The van der Waals surface area contributed by atoms with Gasteiger partial charge < -0.3 is 0 Å². The maximum atomic E-state index is 12.9. The van der Waals surface area contributed by atoms with Crippen LogP contribution in [0.15, 0.2) is 61.1 Å². The summed E-state index contributed by atoms with van der Waals surface area (Å²) in [4.78, 5) is 3.96. The van der Waals surface area contributed by atoms with Gasteiger partial charge in [-0.05, 0) is 35.9 Å². The third-order valence-electron chi connectivity index (χ3n) is 3.55. The van der Waals surface area contributed by atoms with Crippen LogP contribution in [0.25, 0.3) is 11.3 Å². The highest BCUT2D eigenvalue weighted by Gasteiger charge is 2.11. The lowest BCUT2D eigenvalue weighted by Crippen LogP contribution is -2.28. The number of aromatic nitrogens is 3. The predicted octanol–water partition coefficient (Wildman–Crippen LogP) is 2.20. The number of nitrogens with one attached hydrogen (secondary N) is 1. The minimum atomic E-state index is -3.48. The number of pyridine rings is 1. The van der Waals surface area contributed by atoms with Gasteiger partial charge in [-0.15, -0.1) is 0 Å². The minimum absolute atomic E-state index is 0.186. The molecular formula is C17H17FN4O2S. The van der Waals surface area contributed by atoms with Gasteiger partial charge >= 0.3 is 0 Å². The molecule has 0 amide bonds. The van der Waals surface area contributed by atoms with E-state index in [0.717, 1.165) is 11.3 Å². The van der Waals surface area contributed by atoms with Crippen molar-refractivity contribution in [3.05, 3.63) is 72.4 Å². The Morgan fingerprint density at radius 1 is 1.04 bits per heavy atom. The SMILES string of the molecule is O=S(=O)(Cc1ccc(F)cc1)NCCn1ccc(-c2ccncc2)n1. The van der Waals surface area contributed by atoms with E-state index in [9.17, 15) is 12.8 Å². The van der Waals surface area contributed by atoms with Crippen molar-refractivity contribution in [2.75, 3.05) is 6.54 Å². The van der Waals surface area contributed by atoms with Crippen LogP contribution in [0.4, 0.5) is 4.39 Å². The van der Waals surface area contributed by atoms with E-state index >= 15 is 0 Å². The van der Waals surface area contributed by atoms with Crippen molar-refractivity contribution in [3.8, 4) is 11.3 Å². The first-order valence-electron chi connectivity index (χ1n) is 7.67. The van der Waals surface area contributed by atoms with E-state index in [1.165, 1.54) is 24.3 Å². The number of sulfonamides is 1. The topological polar surface area (TPSA) is 76.9 Å². The van der Waals surface area contributed by atoms with Crippen molar-refractivity contribution < 1.29 is 12.8 Å². The monoisotopic (exact) mass is 360 g/mol. The van der Waals surface area contributed by atoms with E-state index < -0.39 is 15.8 Å². The molecule has 0 fully saturated rings. The molecule has 2 aromatic heterocycles. The van der Waals surface area contributed by atoms with Crippen molar-refractivity contribution in [2.24, 2.45) is 0 Å². The molecule has 3 rings (SSSR count). The average Bonchev–Trinajstić information content (AvgIpc) is 3.06. The van der Waals surface area contributed by atoms with E-state index in [0.29, 0.717) is 12.1 Å². The quantitative estimate of drug-likeness (QED) is 0.701. The van der Waals surface area contributed by atoms with Crippen molar-refractivity contribution in [3.63, 3.8) is 0 Å². The molecule has 3 aromatic rings. The van der Waals surface area contributed by atoms with Crippen molar-refractivity contribution >= 4 is 10.0 Å². The van der Waals surface area contributed by atoms with Gasteiger partial charge in [0.2, 0.25) is 10.0 Å². The van der Waals surface area contributed by atoms with Gasteiger partial charge in [0.1, 0.15) is 5.82 Å². The summed E-state index contributed by atoms with van der Waals surface area (Å²) in [6.07, 6.45) is 5.18. The molecular weight excluding hydrogens is 343 g/mol. The van der Waals surface area contributed by atoms with E-state index in [-0.39, 0.29) is 12.3 Å². The van der Waals surface area contributed by atoms with Crippen molar-refractivity contribution in [1.82, 2.24) is 19.5 Å². The molecule has 25 heavy (non-hydrogen) atoms. The number of nitrogens with zero attached hydrogens (tertiary/aromatic N) is 3. The number of hydrogen-bond donors (Lipinski definition) is 1. The van der Waals surface area contributed by atoms with Crippen LogP contribution in [0.5, 0.6) is 0 Å². The molecule has 2 heterocycles. The van der Waals surface area contributed by atoms with E-state index in [1.54, 1.807) is 23.3 Å². The van der Waals surface area contributed by atoms with E-state index in [2.05, 4.69) is 14.8 Å². The van der Waals surface area contributed by atoms with Crippen LogP contribution in [0.3, 0.4) is 0 Å². The molecule has 0 saturated carbocycles. The van der Waals surface area contributed by atoms with Crippen LogP contribution in [-0.4, -0.2) is 29.7 Å². The summed E-state index contributed by atoms with van der Waals surface area (Å²) in [6, 6.07) is 11.0. The normalized spacial score (nSPS) is 11.6. The standard InChI is InChI=1S/C17H17FN4O2S/c18-16-3-1-14(2-4-16)13-25(23,24)20-10-12-22-11-7-17(21-22)15-5-8-19-9-6-15/h1-9,11,20H,10,12-13H2. The highest BCUT2D eigenvalue weighted by molar-refractivity contribution is 7.88. The first-order valence-corrected chi connectivity index (χ1v) is 9.33. The van der Waals surface area contributed by atoms with Gasteiger partial charge in [-0.2, -0.15) is 5.10 Å². The van der Waals surface area contributed by atoms with Gasteiger partial charge in [-0.1, -0.05) is 12.1 Å². The second-order valence-corrected chi connectivity index (χ2v) is 7.29. The van der Waals surface area contributed by atoms with Gasteiger partial charge in [-0.25, -0.2) is 17.5 Å². The molecule has 0 saturated heterocycles. The highest BCUT2D eigenvalue weighted by atomic mass is 32.2. The zero-order valence-electron chi connectivity index (χ0n) is 13.3. The Balaban J connectivity index is 1.54. The lowest BCUT2D eigenvalue weighted by molar-refractivity contribution is 0.560. The Labute approximate surface area is 145 Å². The molecule has 0 aliphatic carbocycles. The largest absolute Gasteiger partial charge is 0.271 e. The average molecular weight is 360 g/mol. The Morgan fingerprint density at radius 3 is 2.48 bits per heavy atom. The van der Waals surface area contributed by atoms with E-state index in [1.807, 2.05) is 18.2 Å². The lowest BCUT2D eigenvalue weighted by atomic mass is 10.2. The second-order valence-electron chi connectivity index (χ2n) is 5.48. The maximum Gasteiger partial charge on any atom is 0.215 e. The van der Waals surface area contributed by atoms with Crippen LogP contribution in [0.2, 0.25) is 0 Å². The van der Waals surface area contributed by atoms with Crippen molar-refractivity contribution in [2.45, 2.75) is 12.3 Å². The molecule has 1 aromatic carbocycles. The van der Waals surface area contributed by atoms with Crippen LogP contribution in [-0.2, 0) is 22.3 Å². The highest BCUT2D eigenvalue weighted by Crippen LogP contribution is 2.14. The number of halogens is 1. The third kappa shape index (κ3) is 4.94. The Kier molecular flexibility index (Phi) is 5.20.